The highest BCUT2D eigenvalue weighted by molar-refractivity contribution is 7.89. The Bertz CT molecular complexity index is 1280. The minimum Gasteiger partial charge on any atom is -0.342 e. The highest BCUT2D eigenvalue weighted by Gasteiger charge is 2.31. The number of fused-ring (bicyclic) bond motifs is 1. The molecule has 1 fully saturated rings. The summed E-state index contributed by atoms with van der Waals surface area (Å²) in [5, 5.41) is 5.26. The number of piperidine rings is 1. The number of amides is 1. The lowest BCUT2D eigenvalue weighted by molar-refractivity contribution is -0.126. The summed E-state index contributed by atoms with van der Waals surface area (Å²) in [7, 11) is -3.29. The van der Waals surface area contributed by atoms with Crippen LogP contribution in [0.4, 0.5) is 0 Å². The topological polar surface area (TPSA) is 83.8 Å². The first-order valence-electron chi connectivity index (χ1n) is 11.3. The first-order chi connectivity index (χ1) is 15.9. The Morgan fingerprint density at radius 3 is 2.82 bits per heavy atom. The minimum atomic E-state index is -3.29. The Labute approximate surface area is 195 Å². The van der Waals surface area contributed by atoms with E-state index in [1.54, 1.807) is 13.1 Å². The van der Waals surface area contributed by atoms with Crippen LogP contribution in [0.2, 0.25) is 0 Å². The van der Waals surface area contributed by atoms with E-state index in [0.717, 1.165) is 23.0 Å². The van der Waals surface area contributed by atoms with Crippen LogP contribution in [0.3, 0.4) is 0 Å². The molecule has 7 nitrogen and oxygen atoms in total. The van der Waals surface area contributed by atoms with Gasteiger partial charge in [-0.2, -0.15) is 5.10 Å². The fourth-order valence-corrected chi connectivity index (χ4v) is 5.54. The molecule has 2 heterocycles. The molecular weight excluding hydrogens is 436 g/mol. The molecule has 33 heavy (non-hydrogen) atoms. The van der Waals surface area contributed by atoms with Crippen molar-refractivity contribution >= 4 is 33.0 Å². The Kier molecular flexibility index (Phi) is 6.95. The summed E-state index contributed by atoms with van der Waals surface area (Å²) in [6, 6.07) is 16.5. The molecule has 1 aromatic heterocycles. The third kappa shape index (κ3) is 5.34. The van der Waals surface area contributed by atoms with Crippen LogP contribution in [-0.2, 0) is 21.4 Å². The zero-order chi connectivity index (χ0) is 23.4. The van der Waals surface area contributed by atoms with Gasteiger partial charge in [0.1, 0.15) is 0 Å². The molecule has 3 aromatic rings. The number of sulfonamides is 1. The van der Waals surface area contributed by atoms with Crippen LogP contribution in [-0.4, -0.2) is 48.3 Å². The van der Waals surface area contributed by atoms with Crippen molar-refractivity contribution in [2.45, 2.75) is 33.2 Å². The molecule has 1 N–H and O–H groups in total. The van der Waals surface area contributed by atoms with Gasteiger partial charge in [0.25, 0.3) is 0 Å². The minimum absolute atomic E-state index is 0.0477. The normalized spacial score (nSPS) is 17.6. The van der Waals surface area contributed by atoms with E-state index < -0.39 is 10.0 Å². The molecule has 0 aliphatic carbocycles. The van der Waals surface area contributed by atoms with Gasteiger partial charge in [0, 0.05) is 42.3 Å². The third-order valence-corrected chi connectivity index (χ3v) is 7.99. The lowest BCUT2D eigenvalue weighted by Gasteiger charge is -2.30. The average molecular weight is 467 g/mol. The molecule has 1 amide bonds. The maximum Gasteiger partial charge on any atom is 0.244 e. The molecule has 1 aliphatic rings. The van der Waals surface area contributed by atoms with Crippen molar-refractivity contribution in [1.82, 2.24) is 14.3 Å². The summed E-state index contributed by atoms with van der Waals surface area (Å²) in [4.78, 5) is 12.6. The monoisotopic (exact) mass is 466 g/mol. The molecule has 174 valence electrons. The van der Waals surface area contributed by atoms with Crippen molar-refractivity contribution in [3.05, 3.63) is 71.4 Å². The average Bonchev–Trinajstić information content (AvgIpc) is 3.16. The van der Waals surface area contributed by atoms with E-state index in [4.69, 9.17) is 0 Å². The van der Waals surface area contributed by atoms with Crippen LogP contribution < -0.4 is 5.43 Å². The van der Waals surface area contributed by atoms with Crippen LogP contribution in [0.15, 0.2) is 59.8 Å². The molecule has 2 aromatic carbocycles. The highest BCUT2D eigenvalue weighted by atomic mass is 32.2. The zero-order valence-electron chi connectivity index (χ0n) is 19.1. The zero-order valence-corrected chi connectivity index (χ0v) is 19.9. The van der Waals surface area contributed by atoms with Crippen molar-refractivity contribution < 1.29 is 13.2 Å². The summed E-state index contributed by atoms with van der Waals surface area (Å²) >= 11 is 0. The summed E-state index contributed by atoms with van der Waals surface area (Å²) in [5.41, 5.74) is 7.08. The Morgan fingerprint density at radius 2 is 2.03 bits per heavy atom. The van der Waals surface area contributed by atoms with Gasteiger partial charge in [-0.05, 0) is 38.3 Å². The maximum absolute atomic E-state index is 12.6. The highest BCUT2D eigenvalue weighted by Crippen LogP contribution is 2.22. The lowest BCUT2D eigenvalue weighted by Crippen LogP contribution is -2.45. The number of nitrogens with zero attached hydrogens (tertiary/aromatic N) is 3. The van der Waals surface area contributed by atoms with Gasteiger partial charge in [0.05, 0.1) is 17.9 Å². The lowest BCUT2D eigenvalue weighted by atomic mass is 9.99. The second kappa shape index (κ2) is 9.89. The van der Waals surface area contributed by atoms with E-state index in [0.29, 0.717) is 19.4 Å². The molecule has 4 rings (SSSR count). The molecule has 8 heteroatoms. The van der Waals surface area contributed by atoms with Crippen molar-refractivity contribution in [3.8, 4) is 0 Å². The first-order valence-corrected chi connectivity index (χ1v) is 12.9. The van der Waals surface area contributed by atoms with Crippen molar-refractivity contribution in [2.24, 2.45) is 11.0 Å². The second-order valence-electron chi connectivity index (χ2n) is 8.55. The quantitative estimate of drug-likeness (QED) is 0.427. The molecule has 0 unspecified atom stereocenters. The number of para-hydroxylation sites is 1. The number of nitrogens with one attached hydrogen (secondary N) is 1. The maximum atomic E-state index is 12.6. The Morgan fingerprint density at radius 1 is 1.21 bits per heavy atom. The van der Waals surface area contributed by atoms with E-state index in [1.807, 2.05) is 24.4 Å². The van der Waals surface area contributed by atoms with Gasteiger partial charge in [0.15, 0.2) is 0 Å². The molecule has 1 saturated heterocycles. The van der Waals surface area contributed by atoms with Crippen LogP contribution >= 0.6 is 0 Å². The van der Waals surface area contributed by atoms with Crippen LogP contribution in [0.1, 0.15) is 36.5 Å². The summed E-state index contributed by atoms with van der Waals surface area (Å²) < 4.78 is 27.9. The number of aromatic nitrogens is 1. The molecule has 0 radical (unpaired) electrons. The fourth-order valence-electron chi connectivity index (χ4n) is 4.36. The van der Waals surface area contributed by atoms with Gasteiger partial charge in [-0.25, -0.2) is 18.1 Å². The van der Waals surface area contributed by atoms with E-state index in [9.17, 15) is 13.2 Å². The predicted octanol–water partition coefficient (Wildman–Crippen LogP) is 3.51. The van der Waals surface area contributed by atoms with Gasteiger partial charge >= 0.3 is 0 Å². The Hall–Kier alpha value is -2.97. The predicted molar refractivity (Wildman–Crippen MR) is 132 cm³/mol. The van der Waals surface area contributed by atoms with Gasteiger partial charge in [-0.1, -0.05) is 48.0 Å². The molecule has 1 atom stereocenters. The van der Waals surface area contributed by atoms with Gasteiger partial charge in [-0.3, -0.25) is 4.79 Å². The van der Waals surface area contributed by atoms with E-state index in [1.165, 1.54) is 15.4 Å². The van der Waals surface area contributed by atoms with Crippen LogP contribution in [0, 0.1) is 12.8 Å². The summed E-state index contributed by atoms with van der Waals surface area (Å²) in [6.45, 7) is 5.14. The van der Waals surface area contributed by atoms with Gasteiger partial charge in [0.2, 0.25) is 15.9 Å². The number of hydrogen-bond donors (Lipinski definition) is 1. The number of hydrogen-bond acceptors (Lipinski definition) is 4. The van der Waals surface area contributed by atoms with E-state index in [2.05, 4.69) is 52.3 Å². The fraction of sp³-hybridized carbons (Fsp3) is 0.360. The summed E-state index contributed by atoms with van der Waals surface area (Å²) in [6.07, 6.45) is 5.04. The smallest absolute Gasteiger partial charge is 0.244 e. The van der Waals surface area contributed by atoms with E-state index >= 15 is 0 Å². The van der Waals surface area contributed by atoms with Crippen LogP contribution in [0.5, 0.6) is 0 Å². The number of hydrazone groups is 1. The molecule has 0 saturated carbocycles. The molecule has 1 aliphatic heterocycles. The van der Waals surface area contributed by atoms with Gasteiger partial charge < -0.3 is 4.57 Å². The standard InChI is InChI=1S/C25H30N4O3S/c1-3-33(31,32)29-13-7-10-21(18-29)25(30)27-26-15-22-17-28(24-12-5-4-11-23(22)24)16-20-9-6-8-19(2)14-20/h4-6,8-9,11-12,14-15,17,21H,3,7,10,13,16,18H2,1-2H3,(H,27,30)/b26-15-/t21-/m0/s1. The number of benzene rings is 2. The first kappa shape index (κ1) is 23.2. The number of rotatable bonds is 7. The van der Waals surface area contributed by atoms with Gasteiger partial charge in [-0.15, -0.1) is 0 Å². The van der Waals surface area contributed by atoms with Crippen molar-refractivity contribution in [2.75, 3.05) is 18.8 Å². The Balaban J connectivity index is 1.47. The number of carbonyl (C=O) groups is 1. The number of aryl methyl sites for hydroxylation is 1. The molecule has 0 bridgehead atoms. The van der Waals surface area contributed by atoms with Crippen molar-refractivity contribution in [1.29, 1.82) is 0 Å². The third-order valence-electron chi connectivity index (χ3n) is 6.15. The van der Waals surface area contributed by atoms with E-state index in [-0.39, 0.29) is 24.1 Å². The largest absolute Gasteiger partial charge is 0.342 e. The SMILES string of the molecule is CCS(=O)(=O)N1CCC[C@H](C(=O)N/N=C\c2cn(Cc3cccc(C)c3)c3ccccc23)C1. The molecular formula is C25H30N4O3S. The van der Waals surface area contributed by atoms with Crippen molar-refractivity contribution in [3.63, 3.8) is 0 Å². The van der Waals surface area contributed by atoms with Crippen LogP contribution in [0.25, 0.3) is 10.9 Å². The number of carbonyl (C=O) groups excluding carboxylic acids is 1. The molecule has 0 spiro atoms. The summed E-state index contributed by atoms with van der Waals surface area (Å²) in [5.74, 6) is -0.586. The second-order valence-corrected chi connectivity index (χ2v) is 10.8.